The highest BCUT2D eigenvalue weighted by Gasteiger charge is 2.44. The molecule has 1 aliphatic rings. The fourth-order valence-corrected chi connectivity index (χ4v) is 4.67. The maximum absolute atomic E-state index is 12.9. The van der Waals surface area contributed by atoms with Gasteiger partial charge in [0.05, 0.1) is 18.6 Å². The number of carboxylic acid groups (broad SMARTS) is 1. The van der Waals surface area contributed by atoms with Crippen molar-refractivity contribution in [3.63, 3.8) is 0 Å². The quantitative estimate of drug-likeness (QED) is 0.252. The Labute approximate surface area is 199 Å². The zero-order chi connectivity index (χ0) is 23.5. The van der Waals surface area contributed by atoms with Crippen molar-refractivity contribution >= 4 is 41.0 Å². The maximum Gasteiger partial charge on any atom is 0.326 e. The minimum Gasteiger partial charge on any atom is -0.480 e. The summed E-state index contributed by atoms with van der Waals surface area (Å²) in [7, 11) is 0. The number of esters is 1. The number of halogens is 2. The fraction of sp³-hybridized carbons (Fsp3) is 0.609. The van der Waals surface area contributed by atoms with Crippen molar-refractivity contribution in [2.45, 2.75) is 50.6 Å². The van der Waals surface area contributed by atoms with E-state index in [0.29, 0.717) is 30.5 Å². The summed E-state index contributed by atoms with van der Waals surface area (Å²) >= 11 is 11.6. The number of hydrogen-bond donors (Lipinski definition) is 2. The van der Waals surface area contributed by atoms with Gasteiger partial charge in [-0.15, -0.1) is 23.2 Å². The number of carboxylic acids is 1. The standard InChI is InChI=1S/C23H32Cl2N2O5/c24-10-8-16(9-11-25)7-4-12-32-23(31)18-14-20(22(29)30)27(15-18)21(28)19(26)13-17-5-2-1-3-6-17/h1-3,5-6,16,18-20H,4,7-15,26H2,(H,29,30)/t18?,19-,20-/m0/s1. The topological polar surface area (TPSA) is 110 Å². The second kappa shape index (κ2) is 13.7. The van der Waals surface area contributed by atoms with Gasteiger partial charge in [0.15, 0.2) is 0 Å². The van der Waals surface area contributed by atoms with E-state index in [1.165, 1.54) is 4.90 Å². The highest BCUT2D eigenvalue weighted by Crippen LogP contribution is 2.26. The summed E-state index contributed by atoms with van der Waals surface area (Å²) in [5.74, 6) is -1.25. The van der Waals surface area contributed by atoms with E-state index in [4.69, 9.17) is 33.7 Å². The van der Waals surface area contributed by atoms with Gasteiger partial charge in [-0.2, -0.15) is 0 Å². The van der Waals surface area contributed by atoms with Gasteiger partial charge in [0.2, 0.25) is 5.91 Å². The zero-order valence-electron chi connectivity index (χ0n) is 18.1. The Hall–Kier alpha value is -1.83. The first kappa shape index (κ1) is 26.4. The molecule has 3 N–H and O–H groups in total. The van der Waals surface area contributed by atoms with Crippen LogP contribution in [-0.4, -0.2) is 64.8 Å². The van der Waals surface area contributed by atoms with E-state index in [1.807, 2.05) is 30.3 Å². The van der Waals surface area contributed by atoms with Crippen molar-refractivity contribution in [1.29, 1.82) is 0 Å². The summed E-state index contributed by atoms with van der Waals surface area (Å²) in [5.41, 5.74) is 6.96. The third-order valence-corrected chi connectivity index (χ3v) is 6.29. The van der Waals surface area contributed by atoms with Crippen molar-refractivity contribution < 1.29 is 24.2 Å². The molecular weight excluding hydrogens is 455 g/mol. The van der Waals surface area contributed by atoms with Crippen LogP contribution in [-0.2, 0) is 25.5 Å². The molecule has 1 amide bonds. The van der Waals surface area contributed by atoms with Gasteiger partial charge < -0.3 is 20.5 Å². The number of alkyl halides is 2. The summed E-state index contributed by atoms with van der Waals surface area (Å²) < 4.78 is 5.38. The number of amides is 1. The Balaban J connectivity index is 1.88. The van der Waals surface area contributed by atoms with Crippen LogP contribution in [0.3, 0.4) is 0 Å². The average Bonchev–Trinajstić information content (AvgIpc) is 3.23. The Morgan fingerprint density at radius 3 is 2.38 bits per heavy atom. The molecule has 32 heavy (non-hydrogen) atoms. The summed E-state index contributed by atoms with van der Waals surface area (Å²) in [5, 5.41) is 9.57. The van der Waals surface area contributed by atoms with Crippen molar-refractivity contribution in [2.75, 3.05) is 24.9 Å². The van der Waals surface area contributed by atoms with Gasteiger partial charge in [0, 0.05) is 18.3 Å². The number of aliphatic carboxylic acids is 1. The Morgan fingerprint density at radius 1 is 1.12 bits per heavy atom. The van der Waals surface area contributed by atoms with Crippen LogP contribution in [0.15, 0.2) is 30.3 Å². The lowest BCUT2D eigenvalue weighted by atomic mass is 9.98. The smallest absolute Gasteiger partial charge is 0.326 e. The van der Waals surface area contributed by atoms with Gasteiger partial charge in [-0.1, -0.05) is 30.3 Å². The monoisotopic (exact) mass is 486 g/mol. The van der Waals surface area contributed by atoms with Gasteiger partial charge in [-0.25, -0.2) is 4.79 Å². The van der Waals surface area contributed by atoms with Gasteiger partial charge in [-0.3, -0.25) is 9.59 Å². The summed E-state index contributed by atoms with van der Waals surface area (Å²) in [4.78, 5) is 38.3. The van der Waals surface area contributed by atoms with Crippen LogP contribution in [0.4, 0.5) is 0 Å². The van der Waals surface area contributed by atoms with E-state index in [9.17, 15) is 19.5 Å². The molecule has 0 bridgehead atoms. The SMILES string of the molecule is N[C@@H](Cc1ccccc1)C(=O)N1CC(C(=O)OCCCC(CCCl)CCCl)C[C@H]1C(=O)O. The molecule has 178 valence electrons. The lowest BCUT2D eigenvalue weighted by Crippen LogP contribution is -2.49. The number of nitrogens with zero attached hydrogens (tertiary/aromatic N) is 1. The second-order valence-electron chi connectivity index (χ2n) is 8.20. The van der Waals surface area contributed by atoms with Gasteiger partial charge in [-0.05, 0) is 50.0 Å². The fourth-order valence-electron chi connectivity index (χ4n) is 4.06. The minimum atomic E-state index is -1.15. The first-order chi connectivity index (χ1) is 15.4. The van der Waals surface area contributed by atoms with Crippen LogP contribution in [0.25, 0.3) is 0 Å². The number of hydrogen-bond acceptors (Lipinski definition) is 5. The highest BCUT2D eigenvalue weighted by atomic mass is 35.5. The van der Waals surface area contributed by atoms with Crippen molar-refractivity contribution in [2.24, 2.45) is 17.6 Å². The van der Waals surface area contributed by atoms with E-state index in [-0.39, 0.29) is 19.6 Å². The maximum atomic E-state index is 12.9. The number of ether oxygens (including phenoxy) is 1. The molecule has 9 heteroatoms. The van der Waals surface area contributed by atoms with Crippen LogP contribution in [0, 0.1) is 11.8 Å². The lowest BCUT2D eigenvalue weighted by Gasteiger charge is -2.24. The molecule has 1 unspecified atom stereocenters. The highest BCUT2D eigenvalue weighted by molar-refractivity contribution is 6.18. The largest absolute Gasteiger partial charge is 0.480 e. The molecule has 1 heterocycles. The second-order valence-corrected chi connectivity index (χ2v) is 8.96. The number of carbonyl (C=O) groups excluding carboxylic acids is 2. The third kappa shape index (κ3) is 7.94. The molecule has 1 aromatic rings. The molecule has 0 radical (unpaired) electrons. The predicted molar refractivity (Wildman–Crippen MR) is 124 cm³/mol. The normalized spacial score (nSPS) is 19.2. The molecule has 0 saturated carbocycles. The molecule has 0 aromatic heterocycles. The van der Waals surface area contributed by atoms with E-state index in [1.54, 1.807) is 0 Å². The number of carbonyl (C=O) groups is 3. The average molecular weight is 487 g/mol. The molecule has 1 aliphatic heterocycles. The predicted octanol–water partition coefficient (Wildman–Crippen LogP) is 3.06. The van der Waals surface area contributed by atoms with Crippen LogP contribution in [0.2, 0.25) is 0 Å². The first-order valence-corrected chi connectivity index (χ1v) is 12.1. The number of likely N-dealkylation sites (tertiary alicyclic amines) is 1. The summed E-state index contributed by atoms with van der Waals surface area (Å²) in [6.07, 6.45) is 3.59. The Bertz CT molecular complexity index is 743. The molecule has 1 aromatic carbocycles. The van der Waals surface area contributed by atoms with Crippen LogP contribution >= 0.6 is 23.2 Å². The summed E-state index contributed by atoms with van der Waals surface area (Å²) in [6, 6.07) is 7.32. The van der Waals surface area contributed by atoms with E-state index in [2.05, 4.69) is 0 Å². The number of rotatable bonds is 13. The molecule has 1 fully saturated rings. The number of nitrogens with two attached hydrogens (primary N) is 1. The van der Waals surface area contributed by atoms with Gasteiger partial charge >= 0.3 is 11.9 Å². The van der Waals surface area contributed by atoms with E-state index >= 15 is 0 Å². The molecule has 7 nitrogen and oxygen atoms in total. The lowest BCUT2D eigenvalue weighted by molar-refractivity contribution is -0.149. The molecule has 0 aliphatic carbocycles. The molecule has 3 atom stereocenters. The van der Waals surface area contributed by atoms with E-state index < -0.39 is 35.8 Å². The molecule has 1 saturated heterocycles. The third-order valence-electron chi connectivity index (χ3n) is 5.85. The Morgan fingerprint density at radius 2 is 1.78 bits per heavy atom. The van der Waals surface area contributed by atoms with Crippen LogP contribution in [0.1, 0.15) is 37.7 Å². The van der Waals surface area contributed by atoms with Crippen molar-refractivity contribution in [1.82, 2.24) is 4.90 Å². The van der Waals surface area contributed by atoms with Crippen LogP contribution in [0.5, 0.6) is 0 Å². The van der Waals surface area contributed by atoms with E-state index in [0.717, 1.165) is 24.8 Å². The van der Waals surface area contributed by atoms with Crippen LogP contribution < -0.4 is 5.73 Å². The Kier molecular flexibility index (Phi) is 11.3. The van der Waals surface area contributed by atoms with Gasteiger partial charge in [0.25, 0.3) is 0 Å². The molecular formula is C23H32Cl2N2O5. The first-order valence-electron chi connectivity index (χ1n) is 11.0. The number of benzene rings is 1. The zero-order valence-corrected chi connectivity index (χ0v) is 19.6. The summed E-state index contributed by atoms with van der Waals surface area (Å²) in [6.45, 7) is 0.244. The molecule has 0 spiro atoms. The van der Waals surface area contributed by atoms with Crippen molar-refractivity contribution in [3.05, 3.63) is 35.9 Å². The minimum absolute atomic E-state index is 0.00174. The molecule has 2 rings (SSSR count). The van der Waals surface area contributed by atoms with Gasteiger partial charge in [0.1, 0.15) is 6.04 Å². The van der Waals surface area contributed by atoms with Crippen molar-refractivity contribution in [3.8, 4) is 0 Å².